The fourth-order valence-corrected chi connectivity index (χ4v) is 3.07. The number of hydrogen-bond donors (Lipinski definition) is 2. The average molecular weight is 321 g/mol. The molecule has 0 saturated carbocycles. The molecular weight excluding hydrogens is 307 g/mol. The van der Waals surface area contributed by atoms with Crippen LogP contribution >= 0.6 is 23.2 Å². The third-order valence-electron chi connectivity index (χ3n) is 3.81. The van der Waals surface area contributed by atoms with Gasteiger partial charge in [-0.05, 0) is 29.7 Å². The molecular formula is C16H14Cl2N2O. The highest BCUT2D eigenvalue weighted by molar-refractivity contribution is 6.39. The number of hydrogen-bond acceptors (Lipinski definition) is 2. The monoisotopic (exact) mass is 320 g/mol. The van der Waals surface area contributed by atoms with Gasteiger partial charge in [-0.3, -0.25) is 4.79 Å². The van der Waals surface area contributed by atoms with Crippen LogP contribution in [0.3, 0.4) is 0 Å². The van der Waals surface area contributed by atoms with E-state index in [2.05, 4.69) is 17.4 Å². The molecule has 0 aromatic heterocycles. The Labute approximate surface area is 133 Å². The van der Waals surface area contributed by atoms with Crippen molar-refractivity contribution in [2.24, 2.45) is 0 Å². The number of nitrogens with two attached hydrogens (primary N) is 1. The Bertz CT molecular complexity index is 692. The maximum atomic E-state index is 12.1. The van der Waals surface area contributed by atoms with E-state index in [-0.39, 0.29) is 5.91 Å². The Hall–Kier alpha value is -1.71. The molecule has 0 saturated heterocycles. The second-order valence-electron chi connectivity index (χ2n) is 5.16. The molecule has 3 rings (SSSR count). The van der Waals surface area contributed by atoms with E-state index in [1.54, 1.807) is 0 Å². The first kappa shape index (κ1) is 14.2. The van der Waals surface area contributed by atoms with Crippen molar-refractivity contribution in [3.05, 3.63) is 63.1 Å². The van der Waals surface area contributed by atoms with Crippen molar-refractivity contribution in [2.45, 2.75) is 12.3 Å². The molecule has 1 aliphatic carbocycles. The van der Waals surface area contributed by atoms with Crippen molar-refractivity contribution in [2.75, 3.05) is 12.3 Å². The third kappa shape index (κ3) is 2.71. The van der Waals surface area contributed by atoms with Gasteiger partial charge in [0.05, 0.1) is 15.7 Å². The molecule has 0 fully saturated rings. The van der Waals surface area contributed by atoms with E-state index in [9.17, 15) is 4.79 Å². The summed E-state index contributed by atoms with van der Waals surface area (Å²) >= 11 is 11.9. The highest BCUT2D eigenvalue weighted by atomic mass is 35.5. The van der Waals surface area contributed by atoms with Gasteiger partial charge in [-0.25, -0.2) is 0 Å². The van der Waals surface area contributed by atoms with Gasteiger partial charge in [0, 0.05) is 18.0 Å². The van der Waals surface area contributed by atoms with Crippen LogP contribution in [-0.4, -0.2) is 12.5 Å². The van der Waals surface area contributed by atoms with Gasteiger partial charge < -0.3 is 11.1 Å². The Balaban J connectivity index is 1.66. The van der Waals surface area contributed by atoms with Crippen molar-refractivity contribution < 1.29 is 4.79 Å². The van der Waals surface area contributed by atoms with Crippen molar-refractivity contribution in [3.8, 4) is 0 Å². The molecule has 21 heavy (non-hydrogen) atoms. The van der Waals surface area contributed by atoms with Crippen molar-refractivity contribution in [1.29, 1.82) is 0 Å². The average Bonchev–Trinajstić information content (AvgIpc) is 2.45. The minimum atomic E-state index is -0.191. The number of fused-ring (bicyclic) bond motifs is 1. The van der Waals surface area contributed by atoms with Crippen molar-refractivity contribution >= 4 is 34.8 Å². The zero-order valence-electron chi connectivity index (χ0n) is 11.2. The molecule has 3 nitrogen and oxygen atoms in total. The van der Waals surface area contributed by atoms with E-state index < -0.39 is 0 Å². The van der Waals surface area contributed by atoms with Crippen LogP contribution in [0.2, 0.25) is 10.0 Å². The van der Waals surface area contributed by atoms with E-state index in [1.165, 1.54) is 23.3 Å². The molecule has 2 aromatic carbocycles. The number of halogens is 2. The molecule has 2 aromatic rings. The van der Waals surface area contributed by atoms with E-state index >= 15 is 0 Å². The highest BCUT2D eigenvalue weighted by Gasteiger charge is 2.25. The summed E-state index contributed by atoms with van der Waals surface area (Å²) in [5, 5.41) is 3.51. The number of carbonyl (C=O) groups is 1. The zero-order valence-corrected chi connectivity index (χ0v) is 12.7. The quantitative estimate of drug-likeness (QED) is 0.848. The topological polar surface area (TPSA) is 55.1 Å². The molecule has 0 radical (unpaired) electrons. The molecule has 1 unspecified atom stereocenters. The van der Waals surface area contributed by atoms with E-state index in [0.717, 1.165) is 6.42 Å². The first-order valence-corrected chi connectivity index (χ1v) is 7.42. The van der Waals surface area contributed by atoms with Crippen LogP contribution < -0.4 is 11.1 Å². The predicted octanol–water partition coefficient (Wildman–Crippen LogP) is 3.65. The number of nitrogens with one attached hydrogen (secondary N) is 1. The van der Waals surface area contributed by atoms with Gasteiger partial charge in [-0.2, -0.15) is 0 Å². The second kappa shape index (κ2) is 5.58. The summed E-state index contributed by atoms with van der Waals surface area (Å²) in [6, 6.07) is 11.3. The SMILES string of the molecule is Nc1c(Cl)cc(C(=O)NCC2Cc3ccccc32)cc1Cl. The van der Waals surface area contributed by atoms with Crippen molar-refractivity contribution in [3.63, 3.8) is 0 Å². The smallest absolute Gasteiger partial charge is 0.251 e. The Morgan fingerprint density at radius 2 is 1.90 bits per heavy atom. The summed E-state index contributed by atoms with van der Waals surface area (Å²) in [5.74, 6) is 0.188. The van der Waals surface area contributed by atoms with Crippen LogP contribution in [0, 0.1) is 0 Å². The van der Waals surface area contributed by atoms with Crippen LogP contribution in [0.5, 0.6) is 0 Å². The van der Waals surface area contributed by atoms with E-state index in [1.807, 2.05) is 12.1 Å². The molecule has 0 heterocycles. The lowest BCUT2D eigenvalue weighted by Gasteiger charge is -2.30. The standard InChI is InChI=1S/C16H14Cl2N2O/c17-13-6-10(7-14(18)15(13)19)16(21)20-8-11-5-9-3-1-2-4-12(9)11/h1-4,6-7,11H,5,8,19H2,(H,20,21). The van der Waals surface area contributed by atoms with Crippen LogP contribution in [0.4, 0.5) is 5.69 Å². The molecule has 0 spiro atoms. The lowest BCUT2D eigenvalue weighted by atomic mass is 9.77. The zero-order chi connectivity index (χ0) is 15.0. The minimum absolute atomic E-state index is 0.191. The summed E-state index contributed by atoms with van der Waals surface area (Å²) in [6.07, 6.45) is 1.000. The fourth-order valence-electron chi connectivity index (χ4n) is 2.58. The maximum absolute atomic E-state index is 12.1. The number of anilines is 1. The van der Waals surface area contributed by atoms with Gasteiger partial charge >= 0.3 is 0 Å². The van der Waals surface area contributed by atoms with Gasteiger partial charge in [0.2, 0.25) is 0 Å². The van der Waals surface area contributed by atoms with Gasteiger partial charge in [0.25, 0.3) is 5.91 Å². The molecule has 5 heteroatoms. The summed E-state index contributed by atoms with van der Waals surface area (Å²) in [6.45, 7) is 0.607. The first-order valence-electron chi connectivity index (χ1n) is 6.67. The number of carbonyl (C=O) groups excluding carboxylic acids is 1. The number of nitrogen functional groups attached to an aromatic ring is 1. The Kier molecular flexibility index (Phi) is 3.79. The lowest BCUT2D eigenvalue weighted by molar-refractivity contribution is 0.0950. The summed E-state index contributed by atoms with van der Waals surface area (Å²) in [7, 11) is 0. The van der Waals surface area contributed by atoms with Gasteiger partial charge in [0.15, 0.2) is 0 Å². The molecule has 0 aliphatic heterocycles. The highest BCUT2D eigenvalue weighted by Crippen LogP contribution is 2.34. The number of rotatable bonds is 3. The molecule has 1 atom stereocenters. The van der Waals surface area contributed by atoms with Gasteiger partial charge in [0.1, 0.15) is 0 Å². The molecule has 1 aliphatic rings. The number of amides is 1. The summed E-state index contributed by atoms with van der Waals surface area (Å²) < 4.78 is 0. The maximum Gasteiger partial charge on any atom is 0.251 e. The lowest BCUT2D eigenvalue weighted by Crippen LogP contribution is -2.33. The van der Waals surface area contributed by atoms with Crippen LogP contribution in [-0.2, 0) is 6.42 Å². The summed E-state index contributed by atoms with van der Waals surface area (Å²) in [4.78, 5) is 12.1. The van der Waals surface area contributed by atoms with E-state index in [0.29, 0.717) is 33.8 Å². The molecule has 1 amide bonds. The van der Waals surface area contributed by atoms with Crippen LogP contribution in [0.15, 0.2) is 36.4 Å². The van der Waals surface area contributed by atoms with E-state index in [4.69, 9.17) is 28.9 Å². The summed E-state index contributed by atoms with van der Waals surface area (Å²) in [5.41, 5.74) is 9.05. The fraction of sp³-hybridized carbons (Fsp3) is 0.188. The third-order valence-corrected chi connectivity index (χ3v) is 4.44. The van der Waals surface area contributed by atoms with Crippen LogP contribution in [0.1, 0.15) is 27.4 Å². The normalized spacial score (nSPS) is 16.0. The van der Waals surface area contributed by atoms with Crippen LogP contribution in [0.25, 0.3) is 0 Å². The van der Waals surface area contributed by atoms with Gasteiger partial charge in [-0.15, -0.1) is 0 Å². The van der Waals surface area contributed by atoms with Gasteiger partial charge in [-0.1, -0.05) is 47.5 Å². The Morgan fingerprint density at radius 1 is 1.24 bits per heavy atom. The van der Waals surface area contributed by atoms with Crippen molar-refractivity contribution in [1.82, 2.24) is 5.32 Å². The molecule has 108 valence electrons. The molecule has 0 bridgehead atoms. The Morgan fingerprint density at radius 3 is 2.57 bits per heavy atom. The molecule has 3 N–H and O–H groups in total. The minimum Gasteiger partial charge on any atom is -0.396 e. The predicted molar refractivity (Wildman–Crippen MR) is 86.1 cm³/mol. The largest absolute Gasteiger partial charge is 0.396 e. The number of benzene rings is 2. The second-order valence-corrected chi connectivity index (χ2v) is 5.98. The first-order chi connectivity index (χ1) is 10.1.